The number of hydrogen-bond acceptors (Lipinski definition) is 3. The maximum Gasteiger partial charge on any atom is 0.227 e. The molecule has 0 saturated heterocycles. The van der Waals surface area contributed by atoms with Gasteiger partial charge in [0, 0.05) is 16.0 Å². The predicted molar refractivity (Wildman–Crippen MR) is 86.4 cm³/mol. The molecule has 1 aliphatic carbocycles. The van der Waals surface area contributed by atoms with E-state index in [4.69, 9.17) is 10.9 Å². The predicted octanol–water partition coefficient (Wildman–Crippen LogP) is 3.31. The summed E-state index contributed by atoms with van der Waals surface area (Å²) in [5, 5.41) is 14.6. The summed E-state index contributed by atoms with van der Waals surface area (Å²) in [5.74, 6) is 0.923. The molecule has 6 heteroatoms. The van der Waals surface area contributed by atoms with Gasteiger partial charge in [-0.15, -0.1) is 0 Å². The van der Waals surface area contributed by atoms with Crippen LogP contribution < -0.4 is 11.1 Å². The summed E-state index contributed by atoms with van der Waals surface area (Å²) in [6, 6.07) is 5.17. The molecule has 0 aromatic heterocycles. The van der Waals surface area contributed by atoms with Crippen molar-refractivity contribution < 1.29 is 10.0 Å². The molecule has 114 valence electrons. The molecule has 4 N–H and O–H groups in total. The number of nitrogens with one attached hydrogen (secondary N) is 1. The van der Waals surface area contributed by atoms with Gasteiger partial charge in [-0.25, -0.2) is 0 Å². The van der Waals surface area contributed by atoms with Crippen molar-refractivity contribution >= 4 is 33.4 Å². The number of anilines is 1. The highest BCUT2D eigenvalue weighted by molar-refractivity contribution is 9.10. The monoisotopic (exact) mass is 353 g/mol. The Kier molecular flexibility index (Phi) is 5.22. The van der Waals surface area contributed by atoms with Crippen molar-refractivity contribution in [1.29, 1.82) is 0 Å². The fraction of sp³-hybridized carbons (Fsp3) is 0.467. The van der Waals surface area contributed by atoms with Crippen molar-refractivity contribution in [3.05, 3.63) is 28.2 Å². The van der Waals surface area contributed by atoms with Crippen LogP contribution in [0, 0.1) is 11.8 Å². The van der Waals surface area contributed by atoms with Crippen molar-refractivity contribution in [3.8, 4) is 0 Å². The molecule has 0 bridgehead atoms. The van der Waals surface area contributed by atoms with E-state index in [2.05, 4.69) is 33.3 Å². The first-order valence-corrected chi connectivity index (χ1v) is 7.89. The SMILES string of the molecule is CC1CCC(C(=O)Nc2ccc(/C(N)=N/O)cc2Br)CC1. The quantitative estimate of drug-likeness (QED) is 0.337. The van der Waals surface area contributed by atoms with Gasteiger partial charge in [-0.05, 0) is 65.7 Å². The van der Waals surface area contributed by atoms with E-state index in [1.807, 2.05) is 0 Å². The van der Waals surface area contributed by atoms with Crippen LogP contribution in [-0.4, -0.2) is 17.0 Å². The Hall–Kier alpha value is -1.56. The summed E-state index contributed by atoms with van der Waals surface area (Å²) in [7, 11) is 0. The van der Waals surface area contributed by atoms with E-state index in [1.165, 1.54) is 0 Å². The van der Waals surface area contributed by atoms with Crippen LogP contribution in [-0.2, 0) is 4.79 Å². The van der Waals surface area contributed by atoms with Gasteiger partial charge >= 0.3 is 0 Å². The van der Waals surface area contributed by atoms with Crippen molar-refractivity contribution in [2.75, 3.05) is 5.32 Å². The second-order valence-electron chi connectivity index (χ2n) is 5.63. The molecule has 1 aliphatic rings. The van der Waals surface area contributed by atoms with Crippen LogP contribution in [0.3, 0.4) is 0 Å². The molecular weight excluding hydrogens is 334 g/mol. The molecule has 0 heterocycles. The van der Waals surface area contributed by atoms with Gasteiger partial charge in [0.2, 0.25) is 5.91 Å². The molecule has 1 aromatic carbocycles. The van der Waals surface area contributed by atoms with E-state index in [-0.39, 0.29) is 17.7 Å². The zero-order chi connectivity index (χ0) is 15.4. The Labute approximate surface area is 132 Å². The molecule has 1 aromatic rings. The number of nitrogens with two attached hydrogens (primary N) is 1. The van der Waals surface area contributed by atoms with Gasteiger partial charge in [0.15, 0.2) is 5.84 Å². The number of oxime groups is 1. The zero-order valence-electron chi connectivity index (χ0n) is 12.0. The second-order valence-corrected chi connectivity index (χ2v) is 6.48. The van der Waals surface area contributed by atoms with E-state index >= 15 is 0 Å². The molecule has 1 fully saturated rings. The third-order valence-electron chi connectivity index (χ3n) is 4.02. The maximum absolute atomic E-state index is 12.3. The molecule has 5 nitrogen and oxygen atoms in total. The number of halogens is 1. The van der Waals surface area contributed by atoms with E-state index in [9.17, 15) is 4.79 Å². The average molecular weight is 354 g/mol. The highest BCUT2D eigenvalue weighted by Crippen LogP contribution is 2.30. The average Bonchev–Trinajstić information content (AvgIpc) is 2.49. The van der Waals surface area contributed by atoms with E-state index < -0.39 is 0 Å². The van der Waals surface area contributed by atoms with E-state index in [0.29, 0.717) is 15.7 Å². The first-order valence-electron chi connectivity index (χ1n) is 7.09. The minimum atomic E-state index is 0.0369. The summed E-state index contributed by atoms with van der Waals surface area (Å²) in [4.78, 5) is 12.3. The van der Waals surface area contributed by atoms with Crippen LogP contribution in [0.15, 0.2) is 27.8 Å². The molecule has 0 unspecified atom stereocenters. The first-order chi connectivity index (χ1) is 10.0. The largest absolute Gasteiger partial charge is 0.409 e. The summed E-state index contributed by atoms with van der Waals surface area (Å²) in [5.41, 5.74) is 6.83. The lowest BCUT2D eigenvalue weighted by Crippen LogP contribution is -2.26. The normalized spacial score (nSPS) is 22.9. The number of rotatable bonds is 3. The Morgan fingerprint density at radius 1 is 1.38 bits per heavy atom. The van der Waals surface area contributed by atoms with Gasteiger partial charge in [-0.1, -0.05) is 12.1 Å². The van der Waals surface area contributed by atoms with Gasteiger partial charge < -0.3 is 16.3 Å². The fourth-order valence-electron chi connectivity index (χ4n) is 2.59. The van der Waals surface area contributed by atoms with Gasteiger partial charge in [0.1, 0.15) is 0 Å². The number of carbonyl (C=O) groups is 1. The molecule has 1 amide bonds. The Morgan fingerprint density at radius 3 is 2.62 bits per heavy atom. The maximum atomic E-state index is 12.3. The number of benzene rings is 1. The molecule has 0 atom stereocenters. The van der Waals surface area contributed by atoms with Crippen LogP contribution >= 0.6 is 15.9 Å². The highest BCUT2D eigenvalue weighted by Gasteiger charge is 2.24. The molecule has 21 heavy (non-hydrogen) atoms. The Balaban J connectivity index is 2.04. The van der Waals surface area contributed by atoms with Crippen molar-refractivity contribution in [3.63, 3.8) is 0 Å². The lowest BCUT2D eigenvalue weighted by Gasteiger charge is -2.25. The topological polar surface area (TPSA) is 87.7 Å². The molecular formula is C15H20BrN3O2. The molecule has 0 aliphatic heterocycles. The van der Waals surface area contributed by atoms with Gasteiger partial charge in [0.05, 0.1) is 5.69 Å². The highest BCUT2D eigenvalue weighted by atomic mass is 79.9. The first kappa shape index (κ1) is 15.8. The molecule has 0 radical (unpaired) electrons. The zero-order valence-corrected chi connectivity index (χ0v) is 13.6. The number of amides is 1. The van der Waals surface area contributed by atoms with Crippen molar-refractivity contribution in [2.45, 2.75) is 32.6 Å². The number of hydrogen-bond donors (Lipinski definition) is 3. The third kappa shape index (κ3) is 3.97. The lowest BCUT2D eigenvalue weighted by molar-refractivity contribution is -0.121. The smallest absolute Gasteiger partial charge is 0.227 e. The summed E-state index contributed by atoms with van der Waals surface area (Å²) in [6.07, 6.45) is 4.13. The number of amidine groups is 1. The molecule has 0 spiro atoms. The third-order valence-corrected chi connectivity index (χ3v) is 4.67. The van der Waals surface area contributed by atoms with Crippen LogP contribution in [0.25, 0.3) is 0 Å². The molecule has 2 rings (SSSR count). The minimum absolute atomic E-state index is 0.0369. The van der Waals surface area contributed by atoms with Gasteiger partial charge in [0.25, 0.3) is 0 Å². The Bertz CT molecular complexity index is 552. The van der Waals surface area contributed by atoms with E-state index in [0.717, 1.165) is 31.6 Å². The number of carbonyl (C=O) groups excluding carboxylic acids is 1. The van der Waals surface area contributed by atoms with Crippen LogP contribution in [0.4, 0.5) is 5.69 Å². The van der Waals surface area contributed by atoms with Crippen LogP contribution in [0.2, 0.25) is 0 Å². The summed E-state index contributed by atoms with van der Waals surface area (Å²) >= 11 is 3.40. The second kappa shape index (κ2) is 6.93. The fourth-order valence-corrected chi connectivity index (χ4v) is 3.07. The van der Waals surface area contributed by atoms with Crippen molar-refractivity contribution in [2.24, 2.45) is 22.7 Å². The standard InChI is InChI=1S/C15H20BrN3O2/c1-9-2-4-10(5-3-9)15(20)18-13-7-6-11(8-12(13)16)14(17)19-21/h6-10,21H,2-5H2,1H3,(H2,17,19)(H,18,20). The van der Waals surface area contributed by atoms with Crippen LogP contribution in [0.5, 0.6) is 0 Å². The van der Waals surface area contributed by atoms with E-state index in [1.54, 1.807) is 18.2 Å². The lowest BCUT2D eigenvalue weighted by atomic mass is 9.82. The minimum Gasteiger partial charge on any atom is -0.409 e. The Morgan fingerprint density at radius 2 is 2.05 bits per heavy atom. The van der Waals surface area contributed by atoms with Crippen LogP contribution in [0.1, 0.15) is 38.2 Å². The van der Waals surface area contributed by atoms with Gasteiger partial charge in [-0.2, -0.15) is 0 Å². The van der Waals surface area contributed by atoms with Crippen molar-refractivity contribution in [1.82, 2.24) is 0 Å². The summed E-state index contributed by atoms with van der Waals surface area (Å²) in [6.45, 7) is 2.23. The molecule has 1 saturated carbocycles. The number of nitrogens with zero attached hydrogens (tertiary/aromatic N) is 1. The van der Waals surface area contributed by atoms with Gasteiger partial charge in [-0.3, -0.25) is 4.79 Å². The summed E-state index contributed by atoms with van der Waals surface area (Å²) < 4.78 is 0.712.